The zero-order valence-electron chi connectivity index (χ0n) is 10.3. The Labute approximate surface area is 116 Å². The summed E-state index contributed by atoms with van der Waals surface area (Å²) in [5.41, 5.74) is 1.51. The smallest absolute Gasteiger partial charge is 0.335 e. The van der Waals surface area contributed by atoms with E-state index in [9.17, 15) is 4.79 Å². The van der Waals surface area contributed by atoms with E-state index in [-0.39, 0.29) is 0 Å². The molecular formula is C16H14O2S. The van der Waals surface area contributed by atoms with Crippen LogP contribution in [-0.4, -0.2) is 16.8 Å². The topological polar surface area (TPSA) is 37.3 Å². The lowest BCUT2D eigenvalue weighted by molar-refractivity contribution is 0.0697. The number of rotatable bonds is 5. The van der Waals surface area contributed by atoms with E-state index < -0.39 is 5.97 Å². The fourth-order valence-corrected chi connectivity index (χ4v) is 2.30. The summed E-state index contributed by atoms with van der Waals surface area (Å²) in [5.74, 6) is -0.0260. The Morgan fingerprint density at radius 2 is 1.74 bits per heavy atom. The van der Waals surface area contributed by atoms with Gasteiger partial charge in [0.15, 0.2) is 0 Å². The molecule has 0 fully saturated rings. The summed E-state index contributed by atoms with van der Waals surface area (Å²) in [6.45, 7) is 0. The first-order valence-electron chi connectivity index (χ1n) is 5.93. The molecule has 2 aromatic rings. The van der Waals surface area contributed by atoms with Crippen molar-refractivity contribution in [2.45, 2.75) is 4.90 Å². The second-order valence-electron chi connectivity index (χ2n) is 3.95. The molecule has 96 valence electrons. The Morgan fingerprint density at radius 3 is 2.37 bits per heavy atom. The van der Waals surface area contributed by atoms with Crippen molar-refractivity contribution in [2.75, 3.05) is 5.75 Å². The van der Waals surface area contributed by atoms with E-state index in [1.165, 1.54) is 5.56 Å². The first-order chi connectivity index (χ1) is 9.25. The summed E-state index contributed by atoms with van der Waals surface area (Å²) in [7, 11) is 0. The molecule has 0 unspecified atom stereocenters. The number of benzene rings is 2. The van der Waals surface area contributed by atoms with Crippen LogP contribution in [0.4, 0.5) is 0 Å². The molecule has 2 nitrogen and oxygen atoms in total. The van der Waals surface area contributed by atoms with Gasteiger partial charge in [0.1, 0.15) is 0 Å². The van der Waals surface area contributed by atoms with E-state index in [0.717, 1.165) is 10.6 Å². The van der Waals surface area contributed by atoms with Crippen LogP contribution in [0.25, 0.3) is 6.08 Å². The highest BCUT2D eigenvalue weighted by Gasteiger charge is 2.01. The zero-order valence-corrected chi connectivity index (χ0v) is 11.1. The highest BCUT2D eigenvalue weighted by molar-refractivity contribution is 7.99. The van der Waals surface area contributed by atoms with E-state index in [1.54, 1.807) is 23.9 Å². The molecule has 0 amide bonds. The van der Waals surface area contributed by atoms with Gasteiger partial charge in [0, 0.05) is 10.6 Å². The Bertz CT molecular complexity index is 559. The van der Waals surface area contributed by atoms with Crippen LogP contribution in [0.2, 0.25) is 0 Å². The molecule has 0 aromatic heterocycles. The van der Waals surface area contributed by atoms with Crippen molar-refractivity contribution < 1.29 is 9.90 Å². The van der Waals surface area contributed by atoms with E-state index in [4.69, 9.17) is 5.11 Å². The van der Waals surface area contributed by atoms with Crippen molar-refractivity contribution in [3.63, 3.8) is 0 Å². The van der Waals surface area contributed by atoms with Gasteiger partial charge in [0.25, 0.3) is 0 Å². The number of hydrogen-bond acceptors (Lipinski definition) is 2. The minimum absolute atomic E-state index is 0.323. The minimum Gasteiger partial charge on any atom is -0.478 e. The van der Waals surface area contributed by atoms with Crippen molar-refractivity contribution in [1.29, 1.82) is 0 Å². The predicted molar refractivity (Wildman–Crippen MR) is 79.6 cm³/mol. The minimum atomic E-state index is -0.888. The molecule has 2 aromatic carbocycles. The van der Waals surface area contributed by atoms with Crippen LogP contribution >= 0.6 is 11.8 Å². The zero-order chi connectivity index (χ0) is 13.5. The van der Waals surface area contributed by atoms with E-state index in [1.807, 2.05) is 30.3 Å². The summed E-state index contributed by atoms with van der Waals surface area (Å²) >= 11 is 1.68. The molecule has 0 bridgehead atoms. The summed E-state index contributed by atoms with van der Waals surface area (Å²) in [6.07, 6.45) is 4.18. The van der Waals surface area contributed by atoms with Crippen LogP contribution in [0, 0.1) is 0 Å². The maximum absolute atomic E-state index is 10.7. The predicted octanol–water partition coefficient (Wildman–Crippen LogP) is 4.19. The molecule has 0 saturated heterocycles. The number of carboxylic acids is 1. The van der Waals surface area contributed by atoms with E-state index in [0.29, 0.717) is 5.56 Å². The van der Waals surface area contributed by atoms with Crippen molar-refractivity contribution in [2.24, 2.45) is 0 Å². The fraction of sp³-hybridized carbons (Fsp3) is 0.0625. The van der Waals surface area contributed by atoms with Gasteiger partial charge in [0.05, 0.1) is 5.56 Å². The standard InChI is InChI=1S/C16H14O2S/c17-16(18)14-8-10-15(11-9-14)19-12-4-7-13-5-2-1-3-6-13/h1-11H,12H2,(H,17,18)/b7-4+. The Hall–Kier alpha value is -2.00. The summed E-state index contributed by atoms with van der Waals surface area (Å²) in [4.78, 5) is 11.8. The van der Waals surface area contributed by atoms with Crippen molar-refractivity contribution in [3.05, 3.63) is 71.8 Å². The van der Waals surface area contributed by atoms with Crippen molar-refractivity contribution >= 4 is 23.8 Å². The molecular weight excluding hydrogens is 256 g/mol. The van der Waals surface area contributed by atoms with Crippen LogP contribution < -0.4 is 0 Å². The van der Waals surface area contributed by atoms with Crippen LogP contribution in [0.15, 0.2) is 65.6 Å². The number of hydrogen-bond donors (Lipinski definition) is 1. The third kappa shape index (κ3) is 4.30. The summed E-state index contributed by atoms with van der Waals surface area (Å²) in [6, 6.07) is 17.1. The molecule has 0 atom stereocenters. The fourth-order valence-electron chi connectivity index (χ4n) is 1.59. The Kier molecular flexibility index (Phi) is 4.81. The second kappa shape index (κ2) is 6.81. The van der Waals surface area contributed by atoms with Crippen molar-refractivity contribution in [1.82, 2.24) is 0 Å². The highest BCUT2D eigenvalue weighted by Crippen LogP contribution is 2.19. The maximum Gasteiger partial charge on any atom is 0.335 e. The summed E-state index contributed by atoms with van der Waals surface area (Å²) in [5, 5.41) is 8.80. The Balaban J connectivity index is 1.86. The lowest BCUT2D eigenvalue weighted by atomic mass is 10.2. The second-order valence-corrected chi connectivity index (χ2v) is 5.05. The lowest BCUT2D eigenvalue weighted by Crippen LogP contribution is -1.94. The molecule has 3 heteroatoms. The molecule has 19 heavy (non-hydrogen) atoms. The lowest BCUT2D eigenvalue weighted by Gasteiger charge is -1.99. The largest absolute Gasteiger partial charge is 0.478 e. The molecule has 0 saturated carbocycles. The maximum atomic E-state index is 10.7. The molecule has 0 radical (unpaired) electrons. The summed E-state index contributed by atoms with van der Waals surface area (Å²) < 4.78 is 0. The quantitative estimate of drug-likeness (QED) is 0.828. The third-order valence-electron chi connectivity index (χ3n) is 2.56. The normalized spacial score (nSPS) is 10.7. The molecule has 0 heterocycles. The Morgan fingerprint density at radius 1 is 1.05 bits per heavy atom. The first-order valence-corrected chi connectivity index (χ1v) is 6.92. The number of aromatic carboxylic acids is 1. The average molecular weight is 270 g/mol. The molecule has 0 aliphatic carbocycles. The van der Waals surface area contributed by atoms with Crippen LogP contribution in [0.3, 0.4) is 0 Å². The monoisotopic (exact) mass is 270 g/mol. The molecule has 2 rings (SSSR count). The highest BCUT2D eigenvalue weighted by atomic mass is 32.2. The first kappa shape index (κ1) is 13.4. The van der Waals surface area contributed by atoms with E-state index >= 15 is 0 Å². The van der Waals surface area contributed by atoms with Crippen LogP contribution in [0.1, 0.15) is 15.9 Å². The van der Waals surface area contributed by atoms with Gasteiger partial charge in [-0.2, -0.15) is 0 Å². The van der Waals surface area contributed by atoms with Gasteiger partial charge in [-0.15, -0.1) is 11.8 Å². The molecule has 0 aliphatic heterocycles. The molecule has 0 aliphatic rings. The van der Waals surface area contributed by atoms with Gasteiger partial charge < -0.3 is 5.11 Å². The number of thioether (sulfide) groups is 1. The van der Waals surface area contributed by atoms with Crippen LogP contribution in [-0.2, 0) is 0 Å². The van der Waals surface area contributed by atoms with Gasteiger partial charge in [0.2, 0.25) is 0 Å². The average Bonchev–Trinajstić information content (AvgIpc) is 2.45. The van der Waals surface area contributed by atoms with E-state index in [2.05, 4.69) is 24.3 Å². The molecule has 0 spiro atoms. The SMILES string of the molecule is O=C(O)c1ccc(SC/C=C/c2ccccc2)cc1. The molecule has 1 N–H and O–H groups in total. The van der Waals surface area contributed by atoms with Gasteiger partial charge in [-0.05, 0) is 29.8 Å². The number of carbonyl (C=O) groups is 1. The van der Waals surface area contributed by atoms with Gasteiger partial charge in [-0.25, -0.2) is 4.79 Å². The third-order valence-corrected chi connectivity index (χ3v) is 3.52. The van der Waals surface area contributed by atoms with Gasteiger partial charge in [-0.1, -0.05) is 42.5 Å². The van der Waals surface area contributed by atoms with Gasteiger partial charge >= 0.3 is 5.97 Å². The van der Waals surface area contributed by atoms with Crippen LogP contribution in [0.5, 0.6) is 0 Å². The van der Waals surface area contributed by atoms with Crippen molar-refractivity contribution in [3.8, 4) is 0 Å². The number of carboxylic acid groups (broad SMARTS) is 1. The van der Waals surface area contributed by atoms with Gasteiger partial charge in [-0.3, -0.25) is 0 Å².